The number of hydrogen-bond donors (Lipinski definition) is 1. The molecule has 0 aliphatic heterocycles. The van der Waals surface area contributed by atoms with Crippen molar-refractivity contribution in [3.63, 3.8) is 0 Å². The number of amides is 1. The molecular weight excluding hydrogens is 334 g/mol. The van der Waals surface area contributed by atoms with Gasteiger partial charge in [-0.1, -0.05) is 30.3 Å². The molecule has 26 heavy (non-hydrogen) atoms. The molecule has 0 saturated carbocycles. The average Bonchev–Trinajstić information content (AvgIpc) is 3.07. The van der Waals surface area contributed by atoms with Gasteiger partial charge in [0, 0.05) is 6.42 Å². The van der Waals surface area contributed by atoms with E-state index in [-0.39, 0.29) is 5.76 Å². The lowest BCUT2D eigenvalue weighted by atomic mass is 10.0. The molecule has 0 aliphatic rings. The second-order valence-corrected chi connectivity index (χ2v) is 7.05. The first-order valence-corrected chi connectivity index (χ1v) is 8.52. The van der Waals surface area contributed by atoms with Crippen LogP contribution in [0.1, 0.15) is 43.8 Å². The number of hydrogen-bond acceptors (Lipinski definition) is 5. The number of furan rings is 1. The monoisotopic (exact) mass is 359 g/mol. The van der Waals surface area contributed by atoms with E-state index in [1.807, 2.05) is 30.3 Å². The lowest BCUT2D eigenvalue weighted by molar-refractivity contribution is 0.0132. The number of ether oxygens (including phenoxy) is 2. The van der Waals surface area contributed by atoms with Gasteiger partial charge in [0.2, 0.25) is 5.76 Å². The molecule has 0 bridgehead atoms. The largest absolute Gasteiger partial charge is 0.457 e. The highest BCUT2D eigenvalue weighted by Crippen LogP contribution is 2.14. The standard InChI is InChI=1S/C20H25NO5/c1-14(21-19(23)26-20(2,3)4)17(13-15-9-6-5-7-10-15)25-18(22)16-11-8-12-24-16/h5-12,14,17H,13H2,1-4H3,(H,21,23)/t14-,17+/m1/s1. The average molecular weight is 359 g/mol. The molecular formula is C20H25NO5. The van der Waals surface area contributed by atoms with E-state index in [4.69, 9.17) is 13.9 Å². The Morgan fingerprint density at radius 1 is 1.12 bits per heavy atom. The zero-order chi connectivity index (χ0) is 19.2. The van der Waals surface area contributed by atoms with Crippen LogP contribution in [0.5, 0.6) is 0 Å². The first-order valence-electron chi connectivity index (χ1n) is 8.52. The van der Waals surface area contributed by atoms with Gasteiger partial charge >= 0.3 is 12.1 Å². The maximum absolute atomic E-state index is 12.3. The Balaban J connectivity index is 2.08. The maximum Gasteiger partial charge on any atom is 0.407 e. The molecule has 2 atom stereocenters. The fourth-order valence-electron chi connectivity index (χ4n) is 2.34. The van der Waals surface area contributed by atoms with E-state index in [9.17, 15) is 9.59 Å². The molecule has 0 aliphatic carbocycles. The number of nitrogens with one attached hydrogen (secondary N) is 1. The zero-order valence-electron chi connectivity index (χ0n) is 15.5. The molecule has 1 amide bonds. The molecule has 140 valence electrons. The van der Waals surface area contributed by atoms with Gasteiger partial charge < -0.3 is 19.2 Å². The van der Waals surface area contributed by atoms with Crippen molar-refractivity contribution >= 4 is 12.1 Å². The second kappa shape index (κ2) is 8.56. The summed E-state index contributed by atoms with van der Waals surface area (Å²) in [5.74, 6) is -0.457. The molecule has 0 saturated heterocycles. The fourth-order valence-corrected chi connectivity index (χ4v) is 2.34. The third-order valence-corrected chi connectivity index (χ3v) is 3.56. The first-order chi connectivity index (χ1) is 12.2. The van der Waals surface area contributed by atoms with Crippen molar-refractivity contribution in [2.24, 2.45) is 0 Å². The van der Waals surface area contributed by atoms with Crippen LogP contribution >= 0.6 is 0 Å². The van der Waals surface area contributed by atoms with Gasteiger partial charge in [0.15, 0.2) is 0 Å². The highest BCUT2D eigenvalue weighted by atomic mass is 16.6. The minimum atomic E-state index is -0.608. The number of benzene rings is 1. The highest BCUT2D eigenvalue weighted by molar-refractivity contribution is 5.86. The van der Waals surface area contributed by atoms with E-state index < -0.39 is 29.8 Å². The number of esters is 1. The van der Waals surface area contributed by atoms with Crippen LogP contribution in [-0.4, -0.2) is 29.8 Å². The third-order valence-electron chi connectivity index (χ3n) is 3.56. The van der Waals surface area contributed by atoms with Crippen molar-refractivity contribution < 1.29 is 23.5 Å². The van der Waals surface area contributed by atoms with E-state index >= 15 is 0 Å². The summed E-state index contributed by atoms with van der Waals surface area (Å²) in [7, 11) is 0. The second-order valence-electron chi connectivity index (χ2n) is 7.05. The molecule has 1 heterocycles. The van der Waals surface area contributed by atoms with Gasteiger partial charge in [0.1, 0.15) is 11.7 Å². The van der Waals surface area contributed by atoms with Gasteiger partial charge in [0.25, 0.3) is 0 Å². The van der Waals surface area contributed by atoms with E-state index in [1.54, 1.807) is 33.8 Å². The maximum atomic E-state index is 12.3. The minimum Gasteiger partial charge on any atom is -0.457 e. The number of rotatable bonds is 6. The van der Waals surface area contributed by atoms with Crippen LogP contribution in [0.25, 0.3) is 0 Å². The van der Waals surface area contributed by atoms with Crippen LogP contribution in [-0.2, 0) is 15.9 Å². The summed E-state index contributed by atoms with van der Waals surface area (Å²) in [4.78, 5) is 24.3. The Hall–Kier alpha value is -2.76. The van der Waals surface area contributed by atoms with Crippen LogP contribution in [0, 0.1) is 0 Å². The van der Waals surface area contributed by atoms with Crippen molar-refractivity contribution in [1.82, 2.24) is 5.32 Å². The predicted molar refractivity (Wildman–Crippen MR) is 96.9 cm³/mol. The Labute approximate surface area is 153 Å². The minimum absolute atomic E-state index is 0.118. The van der Waals surface area contributed by atoms with Gasteiger partial charge in [-0.25, -0.2) is 9.59 Å². The topological polar surface area (TPSA) is 77.8 Å². The van der Waals surface area contributed by atoms with Crippen LogP contribution in [0.3, 0.4) is 0 Å². The summed E-state index contributed by atoms with van der Waals surface area (Å²) in [6.45, 7) is 7.13. The molecule has 0 unspecified atom stereocenters. The van der Waals surface area contributed by atoms with E-state index in [0.717, 1.165) is 5.56 Å². The molecule has 0 spiro atoms. The molecule has 2 aromatic rings. The lowest BCUT2D eigenvalue weighted by Gasteiger charge is -2.27. The quantitative estimate of drug-likeness (QED) is 0.790. The molecule has 6 nitrogen and oxygen atoms in total. The highest BCUT2D eigenvalue weighted by Gasteiger charge is 2.27. The molecule has 2 rings (SSSR count). The molecule has 0 fully saturated rings. The Kier molecular flexibility index (Phi) is 6.44. The molecule has 1 aromatic carbocycles. The first kappa shape index (κ1) is 19.6. The summed E-state index contributed by atoms with van der Waals surface area (Å²) in [5, 5.41) is 2.74. The molecule has 1 aromatic heterocycles. The summed E-state index contributed by atoms with van der Waals surface area (Å²) in [6, 6.07) is 12.3. The molecule has 0 radical (unpaired) electrons. The van der Waals surface area contributed by atoms with Crippen LogP contribution < -0.4 is 5.32 Å². The van der Waals surface area contributed by atoms with Gasteiger partial charge in [-0.05, 0) is 45.4 Å². The summed E-state index contributed by atoms with van der Waals surface area (Å²) >= 11 is 0. The van der Waals surface area contributed by atoms with Crippen molar-refractivity contribution in [2.75, 3.05) is 0 Å². The van der Waals surface area contributed by atoms with E-state index in [2.05, 4.69) is 5.32 Å². The Bertz CT molecular complexity index is 704. The Morgan fingerprint density at radius 2 is 1.81 bits per heavy atom. The van der Waals surface area contributed by atoms with Crippen LogP contribution in [0.4, 0.5) is 4.79 Å². The summed E-state index contributed by atoms with van der Waals surface area (Å²) < 4.78 is 16.0. The number of alkyl carbamates (subject to hydrolysis) is 1. The van der Waals surface area contributed by atoms with E-state index in [0.29, 0.717) is 6.42 Å². The zero-order valence-corrected chi connectivity index (χ0v) is 15.5. The third kappa shape index (κ3) is 6.27. The van der Waals surface area contributed by atoms with Gasteiger partial charge in [-0.3, -0.25) is 0 Å². The number of carbonyl (C=O) groups is 2. The fraction of sp³-hybridized carbons (Fsp3) is 0.400. The van der Waals surface area contributed by atoms with Crippen LogP contribution in [0.15, 0.2) is 53.1 Å². The van der Waals surface area contributed by atoms with Crippen molar-refractivity contribution in [1.29, 1.82) is 0 Å². The smallest absolute Gasteiger partial charge is 0.407 e. The SMILES string of the molecule is C[C@@H](NC(=O)OC(C)(C)C)[C@H](Cc1ccccc1)OC(=O)c1ccco1. The lowest BCUT2D eigenvalue weighted by Crippen LogP contribution is -2.46. The van der Waals surface area contributed by atoms with Crippen LogP contribution in [0.2, 0.25) is 0 Å². The van der Waals surface area contributed by atoms with Crippen molar-refractivity contribution in [3.05, 3.63) is 60.1 Å². The van der Waals surface area contributed by atoms with Gasteiger partial charge in [-0.15, -0.1) is 0 Å². The summed E-state index contributed by atoms with van der Waals surface area (Å²) in [5.41, 5.74) is 0.381. The summed E-state index contributed by atoms with van der Waals surface area (Å²) in [6.07, 6.45) is 0.717. The predicted octanol–water partition coefficient (Wildman–Crippen LogP) is 3.96. The number of carbonyl (C=O) groups excluding carboxylic acids is 2. The van der Waals surface area contributed by atoms with E-state index in [1.165, 1.54) is 12.3 Å². The van der Waals surface area contributed by atoms with Gasteiger partial charge in [-0.2, -0.15) is 0 Å². The Morgan fingerprint density at radius 3 is 2.38 bits per heavy atom. The van der Waals surface area contributed by atoms with Crippen molar-refractivity contribution in [3.8, 4) is 0 Å². The van der Waals surface area contributed by atoms with Gasteiger partial charge in [0.05, 0.1) is 12.3 Å². The molecule has 1 N–H and O–H groups in total. The molecule has 6 heteroatoms. The normalized spacial score (nSPS) is 13.5. The van der Waals surface area contributed by atoms with Crippen molar-refractivity contribution in [2.45, 2.75) is 51.9 Å².